The van der Waals surface area contributed by atoms with Crippen molar-refractivity contribution in [1.82, 2.24) is 0 Å². The van der Waals surface area contributed by atoms with Gasteiger partial charge in [0.15, 0.2) is 0 Å². The SMILES string of the molecule is O[C@@H](COc1ccc2ccc3ccccc3c2c1)C[NH+]1CCCCC1. The number of likely N-dealkylation sites (tertiary alicyclic amines) is 1. The molecule has 3 heteroatoms. The summed E-state index contributed by atoms with van der Waals surface area (Å²) in [5, 5.41) is 15.2. The number of hydrogen-bond acceptors (Lipinski definition) is 2. The van der Waals surface area contributed by atoms with Crippen molar-refractivity contribution in [3.05, 3.63) is 54.6 Å². The van der Waals surface area contributed by atoms with E-state index in [1.807, 2.05) is 6.07 Å². The van der Waals surface area contributed by atoms with Crippen molar-refractivity contribution in [3.8, 4) is 5.75 Å². The summed E-state index contributed by atoms with van der Waals surface area (Å²) in [4.78, 5) is 1.51. The van der Waals surface area contributed by atoms with Gasteiger partial charge in [-0.1, -0.05) is 42.5 Å². The van der Waals surface area contributed by atoms with Crippen LogP contribution < -0.4 is 9.64 Å². The fraction of sp³-hybridized carbons (Fsp3) is 0.364. The number of rotatable bonds is 5. The summed E-state index contributed by atoms with van der Waals surface area (Å²) in [6, 6.07) is 18.9. The molecule has 0 spiro atoms. The van der Waals surface area contributed by atoms with Gasteiger partial charge in [-0.3, -0.25) is 0 Å². The smallest absolute Gasteiger partial charge is 0.137 e. The quantitative estimate of drug-likeness (QED) is 0.703. The number of benzene rings is 3. The van der Waals surface area contributed by atoms with Crippen molar-refractivity contribution < 1.29 is 14.7 Å². The standard InChI is InChI=1S/C22H25NO2/c24-19(15-23-12-4-1-5-13-23)16-25-20-11-10-18-9-8-17-6-2-3-7-21(17)22(18)14-20/h2-3,6-11,14,19,24H,1,4-5,12-13,15-16H2/p+1/t19-/m1/s1. The molecule has 0 bridgehead atoms. The molecule has 130 valence electrons. The second-order valence-corrected chi connectivity index (χ2v) is 7.15. The highest BCUT2D eigenvalue weighted by molar-refractivity contribution is 6.07. The maximum Gasteiger partial charge on any atom is 0.137 e. The zero-order valence-electron chi connectivity index (χ0n) is 14.6. The number of piperidine rings is 1. The summed E-state index contributed by atoms with van der Waals surface area (Å²) in [7, 11) is 0. The highest BCUT2D eigenvalue weighted by Crippen LogP contribution is 2.28. The third-order valence-electron chi connectivity index (χ3n) is 5.25. The van der Waals surface area contributed by atoms with Gasteiger partial charge in [-0.2, -0.15) is 0 Å². The van der Waals surface area contributed by atoms with Crippen LogP contribution in [0, 0.1) is 0 Å². The molecule has 2 N–H and O–H groups in total. The molecule has 4 rings (SSSR count). The van der Waals surface area contributed by atoms with E-state index in [0.29, 0.717) is 6.61 Å². The predicted molar refractivity (Wildman–Crippen MR) is 102 cm³/mol. The van der Waals surface area contributed by atoms with Gasteiger partial charge in [0.2, 0.25) is 0 Å². The molecule has 3 aromatic rings. The first kappa shape index (κ1) is 16.4. The van der Waals surface area contributed by atoms with Crippen molar-refractivity contribution in [3.63, 3.8) is 0 Å². The molecule has 0 unspecified atom stereocenters. The topological polar surface area (TPSA) is 33.9 Å². The normalized spacial score (nSPS) is 17.0. The molecule has 25 heavy (non-hydrogen) atoms. The van der Waals surface area contributed by atoms with E-state index in [9.17, 15) is 5.11 Å². The zero-order valence-corrected chi connectivity index (χ0v) is 14.6. The Balaban J connectivity index is 1.47. The minimum atomic E-state index is -0.406. The molecule has 1 fully saturated rings. The van der Waals surface area contributed by atoms with E-state index in [2.05, 4.69) is 48.5 Å². The van der Waals surface area contributed by atoms with Crippen molar-refractivity contribution in [2.45, 2.75) is 25.4 Å². The molecule has 1 heterocycles. The van der Waals surface area contributed by atoms with Gasteiger partial charge in [0.05, 0.1) is 13.1 Å². The maximum absolute atomic E-state index is 10.3. The maximum atomic E-state index is 10.3. The van der Waals surface area contributed by atoms with Crippen LogP contribution in [-0.2, 0) is 0 Å². The van der Waals surface area contributed by atoms with E-state index < -0.39 is 6.10 Å². The Kier molecular flexibility index (Phi) is 4.86. The van der Waals surface area contributed by atoms with Crippen LogP contribution in [0.4, 0.5) is 0 Å². The summed E-state index contributed by atoms with van der Waals surface area (Å²) in [6.07, 6.45) is 3.49. The second-order valence-electron chi connectivity index (χ2n) is 7.15. The van der Waals surface area contributed by atoms with Crippen LogP contribution in [0.5, 0.6) is 5.75 Å². The Morgan fingerprint density at radius 3 is 2.44 bits per heavy atom. The van der Waals surface area contributed by atoms with Crippen molar-refractivity contribution in [2.75, 3.05) is 26.2 Å². The summed E-state index contributed by atoms with van der Waals surface area (Å²) in [5.74, 6) is 0.830. The Morgan fingerprint density at radius 2 is 1.60 bits per heavy atom. The summed E-state index contributed by atoms with van der Waals surface area (Å²) < 4.78 is 5.90. The van der Waals surface area contributed by atoms with Gasteiger partial charge in [0.1, 0.15) is 25.0 Å². The fourth-order valence-corrected chi connectivity index (χ4v) is 3.91. The summed E-state index contributed by atoms with van der Waals surface area (Å²) in [5.41, 5.74) is 0. The molecule has 3 nitrogen and oxygen atoms in total. The van der Waals surface area contributed by atoms with Crippen LogP contribution in [-0.4, -0.2) is 37.5 Å². The van der Waals surface area contributed by atoms with Crippen LogP contribution in [0.1, 0.15) is 19.3 Å². The molecule has 1 aliphatic heterocycles. The molecule has 0 aliphatic carbocycles. The highest BCUT2D eigenvalue weighted by atomic mass is 16.5. The van der Waals surface area contributed by atoms with Gasteiger partial charge in [-0.25, -0.2) is 0 Å². The molecular formula is C22H26NO2+. The van der Waals surface area contributed by atoms with E-state index in [-0.39, 0.29) is 0 Å². The van der Waals surface area contributed by atoms with Gasteiger partial charge < -0.3 is 14.7 Å². The number of aliphatic hydroxyl groups excluding tert-OH is 1. The van der Waals surface area contributed by atoms with Crippen LogP contribution in [0.15, 0.2) is 54.6 Å². The Bertz CT molecular complexity index is 855. The van der Waals surface area contributed by atoms with E-state index in [4.69, 9.17) is 4.74 Å². The average Bonchev–Trinajstić information content (AvgIpc) is 2.67. The lowest BCUT2D eigenvalue weighted by Gasteiger charge is -2.25. The monoisotopic (exact) mass is 336 g/mol. The van der Waals surface area contributed by atoms with Gasteiger partial charge in [-0.15, -0.1) is 0 Å². The first-order valence-electron chi connectivity index (χ1n) is 9.35. The average molecular weight is 336 g/mol. The molecule has 3 aromatic carbocycles. The van der Waals surface area contributed by atoms with E-state index in [0.717, 1.165) is 12.3 Å². The highest BCUT2D eigenvalue weighted by Gasteiger charge is 2.18. The third kappa shape index (κ3) is 3.78. The minimum Gasteiger partial charge on any atom is -0.491 e. The number of ether oxygens (including phenoxy) is 1. The second kappa shape index (κ2) is 7.42. The molecule has 1 aliphatic rings. The van der Waals surface area contributed by atoms with Crippen molar-refractivity contribution in [1.29, 1.82) is 0 Å². The lowest BCUT2D eigenvalue weighted by molar-refractivity contribution is -0.908. The number of aliphatic hydroxyl groups is 1. The largest absolute Gasteiger partial charge is 0.491 e. The van der Waals surface area contributed by atoms with Crippen LogP contribution >= 0.6 is 0 Å². The first-order chi connectivity index (χ1) is 12.3. The Hall–Kier alpha value is -2.10. The molecule has 1 atom stereocenters. The first-order valence-corrected chi connectivity index (χ1v) is 9.35. The van der Waals surface area contributed by atoms with Crippen LogP contribution in [0.2, 0.25) is 0 Å². The predicted octanol–water partition coefficient (Wildman–Crippen LogP) is 2.80. The van der Waals surface area contributed by atoms with Gasteiger partial charge >= 0.3 is 0 Å². The van der Waals surface area contributed by atoms with Crippen molar-refractivity contribution in [2.24, 2.45) is 0 Å². The Labute approximate surface area is 148 Å². The van der Waals surface area contributed by atoms with E-state index in [1.165, 1.54) is 58.8 Å². The Morgan fingerprint density at radius 1 is 0.880 bits per heavy atom. The van der Waals surface area contributed by atoms with Crippen molar-refractivity contribution >= 4 is 21.5 Å². The lowest BCUT2D eigenvalue weighted by atomic mass is 10.0. The number of hydrogen-bond donors (Lipinski definition) is 2. The molecule has 0 saturated carbocycles. The van der Waals surface area contributed by atoms with Crippen LogP contribution in [0.25, 0.3) is 21.5 Å². The minimum absolute atomic E-state index is 0.361. The van der Waals surface area contributed by atoms with Gasteiger partial charge in [0, 0.05) is 0 Å². The zero-order chi connectivity index (χ0) is 17.1. The number of fused-ring (bicyclic) bond motifs is 3. The summed E-state index contributed by atoms with van der Waals surface area (Å²) >= 11 is 0. The molecule has 0 radical (unpaired) electrons. The number of quaternary nitrogens is 1. The van der Waals surface area contributed by atoms with Gasteiger partial charge in [0.25, 0.3) is 0 Å². The van der Waals surface area contributed by atoms with E-state index in [1.54, 1.807) is 0 Å². The summed E-state index contributed by atoms with van der Waals surface area (Å²) in [6.45, 7) is 3.51. The lowest BCUT2D eigenvalue weighted by Crippen LogP contribution is -3.14. The third-order valence-corrected chi connectivity index (χ3v) is 5.25. The van der Waals surface area contributed by atoms with Gasteiger partial charge in [-0.05, 0) is 52.9 Å². The number of nitrogens with one attached hydrogen (secondary N) is 1. The molecule has 0 aromatic heterocycles. The van der Waals surface area contributed by atoms with Crippen LogP contribution in [0.3, 0.4) is 0 Å². The molecule has 0 amide bonds. The fourth-order valence-electron chi connectivity index (χ4n) is 3.91. The molecular weight excluding hydrogens is 310 g/mol. The van der Waals surface area contributed by atoms with E-state index >= 15 is 0 Å². The molecule has 1 saturated heterocycles.